The van der Waals surface area contributed by atoms with Crippen molar-refractivity contribution in [1.82, 2.24) is 0 Å². The second kappa shape index (κ2) is 8.95. The van der Waals surface area contributed by atoms with Gasteiger partial charge >= 0.3 is 5.97 Å². The number of carbonyl (C=O) groups excluding carboxylic acids is 2. The van der Waals surface area contributed by atoms with Crippen molar-refractivity contribution in [2.75, 3.05) is 19.0 Å². The molecule has 0 fully saturated rings. The molecular weight excluding hydrogens is 383 g/mol. The second-order valence-electron chi connectivity index (χ2n) is 5.23. The molecule has 0 bridgehead atoms. The summed E-state index contributed by atoms with van der Waals surface area (Å²) in [4.78, 5) is 34.1. The maximum absolute atomic E-state index is 13.6. The number of benzene rings is 2. The van der Waals surface area contributed by atoms with Gasteiger partial charge in [0.25, 0.3) is 11.6 Å². The fraction of sp³-hybridized carbons (Fsp3) is 0.176. The molecule has 0 aliphatic heterocycles. The maximum atomic E-state index is 13.6. The Morgan fingerprint density at radius 1 is 1.30 bits per heavy atom. The van der Waals surface area contributed by atoms with Crippen molar-refractivity contribution >= 4 is 34.9 Å². The first-order valence-corrected chi connectivity index (χ1v) is 7.90. The van der Waals surface area contributed by atoms with E-state index in [1.807, 2.05) is 0 Å². The first-order chi connectivity index (χ1) is 12.8. The maximum Gasteiger partial charge on any atom is 0.310 e. The van der Waals surface area contributed by atoms with Gasteiger partial charge in [0.2, 0.25) is 0 Å². The zero-order valence-electron chi connectivity index (χ0n) is 14.0. The zero-order chi connectivity index (χ0) is 20.0. The number of amides is 1. The van der Waals surface area contributed by atoms with E-state index in [9.17, 15) is 24.1 Å². The molecule has 0 heterocycles. The monoisotopic (exact) mass is 396 g/mol. The number of nitro benzene ring substituents is 1. The van der Waals surface area contributed by atoms with Crippen LogP contribution in [0.2, 0.25) is 5.02 Å². The Kier molecular flexibility index (Phi) is 6.67. The van der Waals surface area contributed by atoms with E-state index in [1.165, 1.54) is 31.4 Å². The molecule has 10 heteroatoms. The number of anilines is 1. The normalized spacial score (nSPS) is 10.2. The average Bonchev–Trinajstić information content (AvgIpc) is 2.63. The predicted octanol–water partition coefficient (Wildman–Crippen LogP) is 3.12. The molecule has 8 nitrogen and oxygen atoms in total. The van der Waals surface area contributed by atoms with Gasteiger partial charge in [0.1, 0.15) is 17.3 Å². The van der Waals surface area contributed by atoms with Crippen LogP contribution in [0.15, 0.2) is 36.4 Å². The Morgan fingerprint density at radius 3 is 2.67 bits per heavy atom. The summed E-state index contributed by atoms with van der Waals surface area (Å²) in [5.41, 5.74) is -0.512. The summed E-state index contributed by atoms with van der Waals surface area (Å²) in [6.07, 6.45) is -0.457. The molecular formula is C17H14ClFN2O6. The van der Waals surface area contributed by atoms with E-state index in [0.29, 0.717) is 0 Å². The highest BCUT2D eigenvalue weighted by Crippen LogP contribution is 2.28. The lowest BCUT2D eigenvalue weighted by Crippen LogP contribution is -2.22. The highest BCUT2D eigenvalue weighted by Gasteiger charge is 2.19. The highest BCUT2D eigenvalue weighted by atomic mass is 35.5. The first kappa shape index (κ1) is 20.1. The Labute approximate surface area is 158 Å². The van der Waals surface area contributed by atoms with Crippen LogP contribution in [-0.2, 0) is 20.7 Å². The van der Waals surface area contributed by atoms with E-state index in [2.05, 4.69) is 5.32 Å². The van der Waals surface area contributed by atoms with Gasteiger partial charge in [-0.25, -0.2) is 4.39 Å². The van der Waals surface area contributed by atoms with Gasteiger partial charge in [0, 0.05) is 10.6 Å². The Hall–Kier alpha value is -3.20. The van der Waals surface area contributed by atoms with Crippen molar-refractivity contribution in [2.24, 2.45) is 0 Å². The van der Waals surface area contributed by atoms with Crippen molar-refractivity contribution in [2.45, 2.75) is 6.42 Å². The largest absolute Gasteiger partial charge is 0.496 e. The number of rotatable bonds is 7. The first-order valence-electron chi connectivity index (χ1n) is 7.52. The van der Waals surface area contributed by atoms with Crippen LogP contribution in [0.5, 0.6) is 5.75 Å². The van der Waals surface area contributed by atoms with Crippen LogP contribution in [0.25, 0.3) is 0 Å². The summed E-state index contributed by atoms with van der Waals surface area (Å²) >= 11 is 5.81. The number of ether oxygens (including phenoxy) is 2. The molecule has 142 valence electrons. The average molecular weight is 397 g/mol. The van der Waals surface area contributed by atoms with Crippen molar-refractivity contribution in [3.8, 4) is 5.75 Å². The molecule has 0 saturated carbocycles. The van der Waals surface area contributed by atoms with Gasteiger partial charge in [0.05, 0.1) is 24.5 Å². The molecule has 0 saturated heterocycles. The van der Waals surface area contributed by atoms with Crippen molar-refractivity contribution in [3.05, 3.63) is 62.9 Å². The van der Waals surface area contributed by atoms with Crippen LogP contribution in [0, 0.1) is 15.9 Å². The molecule has 27 heavy (non-hydrogen) atoms. The summed E-state index contributed by atoms with van der Waals surface area (Å²) in [5, 5.41) is 13.4. The van der Waals surface area contributed by atoms with Crippen LogP contribution < -0.4 is 10.1 Å². The van der Waals surface area contributed by atoms with Gasteiger partial charge in [-0.15, -0.1) is 0 Å². The molecule has 0 unspecified atom stereocenters. The lowest BCUT2D eigenvalue weighted by atomic mass is 10.1. The highest BCUT2D eigenvalue weighted by molar-refractivity contribution is 6.31. The van der Waals surface area contributed by atoms with Crippen LogP contribution in [-0.4, -0.2) is 30.5 Å². The molecule has 0 atom stereocenters. The van der Waals surface area contributed by atoms with E-state index < -0.39 is 35.6 Å². The minimum atomic E-state index is -0.874. The SMILES string of the molecule is COc1ccc(NC(=O)COC(=O)Cc2c(F)cccc2Cl)c([N+](=O)[O-])c1. The van der Waals surface area contributed by atoms with E-state index in [-0.39, 0.29) is 27.7 Å². The third-order valence-corrected chi connectivity index (χ3v) is 3.78. The predicted molar refractivity (Wildman–Crippen MR) is 94.4 cm³/mol. The van der Waals surface area contributed by atoms with E-state index in [4.69, 9.17) is 21.1 Å². The molecule has 0 spiro atoms. The quantitative estimate of drug-likeness (QED) is 0.437. The van der Waals surface area contributed by atoms with Gasteiger partial charge < -0.3 is 14.8 Å². The minimum absolute atomic E-state index is 0.0460. The van der Waals surface area contributed by atoms with Crippen LogP contribution >= 0.6 is 11.6 Å². The lowest BCUT2D eigenvalue weighted by Gasteiger charge is -2.09. The van der Waals surface area contributed by atoms with E-state index in [1.54, 1.807) is 0 Å². The van der Waals surface area contributed by atoms with Crippen molar-refractivity contribution < 1.29 is 28.4 Å². The van der Waals surface area contributed by atoms with Crippen LogP contribution in [0.4, 0.5) is 15.8 Å². The number of hydrogen-bond donors (Lipinski definition) is 1. The fourth-order valence-corrected chi connectivity index (χ4v) is 2.35. The lowest BCUT2D eigenvalue weighted by molar-refractivity contribution is -0.384. The Morgan fingerprint density at radius 2 is 2.04 bits per heavy atom. The number of methoxy groups -OCH3 is 1. The number of nitrogens with one attached hydrogen (secondary N) is 1. The third kappa shape index (κ3) is 5.38. The van der Waals surface area contributed by atoms with Crippen molar-refractivity contribution in [1.29, 1.82) is 0 Å². The summed E-state index contributed by atoms with van der Waals surface area (Å²) in [6.45, 7) is -0.700. The molecule has 2 aromatic carbocycles. The third-order valence-electron chi connectivity index (χ3n) is 3.42. The molecule has 1 amide bonds. The van der Waals surface area contributed by atoms with Gasteiger partial charge in [-0.3, -0.25) is 19.7 Å². The minimum Gasteiger partial charge on any atom is -0.496 e. The molecule has 2 aromatic rings. The molecule has 1 N–H and O–H groups in total. The number of nitrogens with zero attached hydrogens (tertiary/aromatic N) is 1. The van der Waals surface area contributed by atoms with Gasteiger partial charge in [-0.1, -0.05) is 17.7 Å². The summed E-state index contributed by atoms with van der Waals surface area (Å²) in [7, 11) is 1.35. The molecule has 0 aliphatic carbocycles. The standard InChI is InChI=1S/C17H14ClFN2O6/c1-26-10-5-6-14(15(7-10)21(24)25)20-16(22)9-27-17(23)8-11-12(18)3-2-4-13(11)19/h2-7H,8-9H2,1H3,(H,20,22). The van der Waals surface area contributed by atoms with Gasteiger partial charge in [-0.2, -0.15) is 0 Å². The van der Waals surface area contributed by atoms with E-state index in [0.717, 1.165) is 12.1 Å². The molecule has 2 rings (SSSR count). The Bertz CT molecular complexity index is 869. The smallest absolute Gasteiger partial charge is 0.310 e. The fourth-order valence-electron chi connectivity index (χ4n) is 2.12. The molecule has 0 aliphatic rings. The number of esters is 1. The zero-order valence-corrected chi connectivity index (χ0v) is 14.8. The number of hydrogen-bond acceptors (Lipinski definition) is 6. The van der Waals surface area contributed by atoms with Crippen molar-refractivity contribution in [3.63, 3.8) is 0 Å². The number of halogens is 2. The van der Waals surface area contributed by atoms with E-state index >= 15 is 0 Å². The van der Waals surface area contributed by atoms with Gasteiger partial charge in [-0.05, 0) is 24.3 Å². The van der Waals surface area contributed by atoms with Gasteiger partial charge in [0.15, 0.2) is 6.61 Å². The molecule has 0 radical (unpaired) electrons. The second-order valence-corrected chi connectivity index (χ2v) is 5.63. The number of carbonyl (C=O) groups is 2. The topological polar surface area (TPSA) is 108 Å². The summed E-state index contributed by atoms with van der Waals surface area (Å²) < 4.78 is 23.3. The Balaban J connectivity index is 1.96. The van der Waals surface area contributed by atoms with Crippen LogP contribution in [0.1, 0.15) is 5.56 Å². The number of nitro groups is 1. The summed E-state index contributed by atoms with van der Waals surface area (Å²) in [5.74, 6) is -2.09. The summed E-state index contributed by atoms with van der Waals surface area (Å²) in [6, 6.07) is 7.81. The van der Waals surface area contributed by atoms with Crippen LogP contribution in [0.3, 0.4) is 0 Å². The molecule has 0 aromatic heterocycles.